The average Bonchev–Trinajstić information content (AvgIpc) is 2.62. The molecule has 3 rings (SSSR count). The van der Waals surface area contributed by atoms with E-state index in [1.165, 1.54) is 4.68 Å². The molecule has 0 saturated heterocycles. The van der Waals surface area contributed by atoms with Crippen molar-refractivity contribution in [3.05, 3.63) is 76.2 Å². The highest BCUT2D eigenvalue weighted by Gasteiger charge is 2.17. The van der Waals surface area contributed by atoms with Crippen molar-refractivity contribution in [1.82, 2.24) is 15.1 Å². The fourth-order valence-electron chi connectivity index (χ4n) is 2.77. The van der Waals surface area contributed by atoms with Gasteiger partial charge in [-0.15, -0.1) is 0 Å². The number of carbonyl (C=O) groups excluding carboxylic acids is 1. The van der Waals surface area contributed by atoms with Gasteiger partial charge in [-0.05, 0) is 31.9 Å². The van der Waals surface area contributed by atoms with Crippen LogP contribution in [0.2, 0.25) is 0 Å². The van der Waals surface area contributed by atoms with Crippen LogP contribution in [0.5, 0.6) is 0 Å². The first kappa shape index (κ1) is 16.9. The van der Waals surface area contributed by atoms with E-state index >= 15 is 0 Å². The van der Waals surface area contributed by atoms with Crippen LogP contribution in [0.4, 0.5) is 0 Å². The zero-order valence-electron chi connectivity index (χ0n) is 14.4. The zero-order chi connectivity index (χ0) is 17.8. The normalized spacial score (nSPS) is 11.0. The number of rotatable bonds is 5. The number of benzene rings is 2. The lowest BCUT2D eigenvalue weighted by molar-refractivity contribution is 0.0948. The third kappa shape index (κ3) is 3.60. The van der Waals surface area contributed by atoms with E-state index in [-0.39, 0.29) is 23.2 Å². The molecule has 0 aliphatic rings. The molecule has 0 atom stereocenters. The van der Waals surface area contributed by atoms with Crippen LogP contribution in [0.1, 0.15) is 35.9 Å². The van der Waals surface area contributed by atoms with Crippen LogP contribution < -0.4 is 10.9 Å². The first-order valence-electron chi connectivity index (χ1n) is 8.41. The average molecular weight is 335 g/mol. The molecule has 0 fully saturated rings. The highest BCUT2D eigenvalue weighted by atomic mass is 16.2. The Balaban J connectivity index is 1.88. The lowest BCUT2D eigenvalue weighted by atomic mass is 10.1. The van der Waals surface area contributed by atoms with E-state index in [1.54, 1.807) is 18.2 Å². The maximum atomic E-state index is 12.6. The Hall–Kier alpha value is -2.95. The molecule has 1 aromatic heterocycles. The van der Waals surface area contributed by atoms with Gasteiger partial charge in [0.1, 0.15) is 0 Å². The molecule has 0 spiro atoms. The number of carbonyl (C=O) groups is 1. The summed E-state index contributed by atoms with van der Waals surface area (Å²) in [5.41, 5.74) is 1.27. The molecule has 128 valence electrons. The molecule has 0 aliphatic heterocycles. The van der Waals surface area contributed by atoms with E-state index in [0.717, 1.165) is 12.0 Å². The Kier molecular flexibility index (Phi) is 4.93. The predicted octanol–water partition coefficient (Wildman–Crippen LogP) is 2.95. The quantitative estimate of drug-likeness (QED) is 0.780. The van der Waals surface area contributed by atoms with Gasteiger partial charge in [0.05, 0.1) is 11.4 Å². The molecule has 0 bridgehead atoms. The molecule has 0 radical (unpaired) electrons. The van der Waals surface area contributed by atoms with Crippen molar-refractivity contribution in [3.63, 3.8) is 0 Å². The van der Waals surface area contributed by atoms with Gasteiger partial charge < -0.3 is 5.32 Å². The highest BCUT2D eigenvalue weighted by Crippen LogP contribution is 2.14. The van der Waals surface area contributed by atoms with E-state index in [1.807, 2.05) is 50.2 Å². The summed E-state index contributed by atoms with van der Waals surface area (Å²) in [6.45, 7) is 4.26. The van der Waals surface area contributed by atoms with E-state index in [2.05, 4.69) is 10.4 Å². The number of fused-ring (bicyclic) bond motifs is 1. The van der Waals surface area contributed by atoms with E-state index < -0.39 is 0 Å². The van der Waals surface area contributed by atoms with Gasteiger partial charge in [-0.2, -0.15) is 5.10 Å². The van der Waals surface area contributed by atoms with Crippen molar-refractivity contribution in [3.8, 4) is 0 Å². The molecular weight excluding hydrogens is 314 g/mol. The third-order valence-corrected chi connectivity index (χ3v) is 4.07. The SMILES string of the molecule is CC(C)n1nc(C(=O)NCCc2ccccc2)c2ccccc2c1=O. The minimum Gasteiger partial charge on any atom is -0.350 e. The van der Waals surface area contributed by atoms with Gasteiger partial charge in [0, 0.05) is 11.9 Å². The fourth-order valence-corrected chi connectivity index (χ4v) is 2.77. The van der Waals surface area contributed by atoms with Crippen molar-refractivity contribution in [1.29, 1.82) is 0 Å². The van der Waals surface area contributed by atoms with Crippen molar-refractivity contribution >= 4 is 16.7 Å². The Morgan fingerprint density at radius 2 is 1.68 bits per heavy atom. The molecular formula is C20H21N3O2. The number of nitrogens with zero attached hydrogens (tertiary/aromatic N) is 2. The van der Waals surface area contributed by atoms with Crippen molar-refractivity contribution in [2.75, 3.05) is 6.54 Å². The Bertz CT molecular complexity index is 946. The summed E-state index contributed by atoms with van der Waals surface area (Å²) in [7, 11) is 0. The molecule has 1 amide bonds. The largest absolute Gasteiger partial charge is 0.350 e. The van der Waals surface area contributed by atoms with Crippen LogP contribution in [0.3, 0.4) is 0 Å². The minimum atomic E-state index is -0.262. The molecule has 0 saturated carbocycles. The summed E-state index contributed by atoms with van der Waals surface area (Å²) in [5.74, 6) is -0.262. The van der Waals surface area contributed by atoms with Crippen LogP contribution in [0, 0.1) is 0 Å². The van der Waals surface area contributed by atoms with Gasteiger partial charge in [0.2, 0.25) is 0 Å². The topological polar surface area (TPSA) is 64.0 Å². The van der Waals surface area contributed by atoms with Gasteiger partial charge in [-0.1, -0.05) is 48.5 Å². The smallest absolute Gasteiger partial charge is 0.274 e. The second-order valence-electron chi connectivity index (χ2n) is 6.23. The van der Waals surface area contributed by atoms with Crippen molar-refractivity contribution in [2.24, 2.45) is 0 Å². The zero-order valence-corrected chi connectivity index (χ0v) is 14.4. The highest BCUT2D eigenvalue weighted by molar-refractivity contribution is 6.04. The lowest BCUT2D eigenvalue weighted by Crippen LogP contribution is -2.32. The first-order valence-corrected chi connectivity index (χ1v) is 8.41. The monoisotopic (exact) mass is 335 g/mol. The van der Waals surface area contributed by atoms with Gasteiger partial charge in [-0.3, -0.25) is 9.59 Å². The van der Waals surface area contributed by atoms with E-state index in [0.29, 0.717) is 17.3 Å². The summed E-state index contributed by atoms with van der Waals surface area (Å²) < 4.78 is 1.37. The van der Waals surface area contributed by atoms with E-state index in [4.69, 9.17) is 0 Å². The number of hydrogen-bond acceptors (Lipinski definition) is 3. The van der Waals surface area contributed by atoms with Crippen LogP contribution >= 0.6 is 0 Å². The van der Waals surface area contributed by atoms with Gasteiger partial charge >= 0.3 is 0 Å². The second-order valence-corrected chi connectivity index (χ2v) is 6.23. The van der Waals surface area contributed by atoms with Crippen LogP contribution in [-0.2, 0) is 6.42 Å². The molecule has 3 aromatic rings. The van der Waals surface area contributed by atoms with Crippen molar-refractivity contribution in [2.45, 2.75) is 26.3 Å². The Morgan fingerprint density at radius 1 is 1.04 bits per heavy atom. The molecule has 1 heterocycles. The fraction of sp³-hybridized carbons (Fsp3) is 0.250. The van der Waals surface area contributed by atoms with Crippen LogP contribution in [0.25, 0.3) is 10.8 Å². The summed E-state index contributed by atoms with van der Waals surface area (Å²) in [6.07, 6.45) is 0.744. The summed E-state index contributed by atoms with van der Waals surface area (Å²) in [6, 6.07) is 17.0. The number of aromatic nitrogens is 2. The number of nitrogens with one attached hydrogen (secondary N) is 1. The molecule has 0 aliphatic carbocycles. The van der Waals surface area contributed by atoms with Gasteiger partial charge in [-0.25, -0.2) is 4.68 Å². The van der Waals surface area contributed by atoms with Gasteiger partial charge in [0.15, 0.2) is 5.69 Å². The molecule has 25 heavy (non-hydrogen) atoms. The summed E-state index contributed by atoms with van der Waals surface area (Å²) >= 11 is 0. The molecule has 5 heteroatoms. The lowest BCUT2D eigenvalue weighted by Gasteiger charge is -2.13. The van der Waals surface area contributed by atoms with Crippen LogP contribution in [-0.4, -0.2) is 22.2 Å². The second kappa shape index (κ2) is 7.30. The maximum absolute atomic E-state index is 12.6. The van der Waals surface area contributed by atoms with Gasteiger partial charge in [0.25, 0.3) is 11.5 Å². The van der Waals surface area contributed by atoms with E-state index in [9.17, 15) is 9.59 Å². The Labute approximate surface area is 146 Å². The summed E-state index contributed by atoms with van der Waals surface area (Å²) in [4.78, 5) is 25.2. The number of hydrogen-bond donors (Lipinski definition) is 1. The van der Waals surface area contributed by atoms with Crippen molar-refractivity contribution < 1.29 is 4.79 Å². The standard InChI is InChI=1S/C20H21N3O2/c1-14(2)23-20(25)17-11-7-6-10-16(17)18(22-23)19(24)21-13-12-15-8-4-3-5-9-15/h3-11,14H,12-13H2,1-2H3,(H,21,24). The van der Waals surface area contributed by atoms with Crippen LogP contribution in [0.15, 0.2) is 59.4 Å². The number of amides is 1. The predicted molar refractivity (Wildman–Crippen MR) is 98.9 cm³/mol. The molecule has 2 aromatic carbocycles. The maximum Gasteiger partial charge on any atom is 0.274 e. The molecule has 5 nitrogen and oxygen atoms in total. The Morgan fingerprint density at radius 3 is 2.36 bits per heavy atom. The first-order chi connectivity index (χ1) is 12.1. The third-order valence-electron chi connectivity index (χ3n) is 4.07. The summed E-state index contributed by atoms with van der Waals surface area (Å²) in [5, 5.41) is 8.32. The minimum absolute atomic E-state index is 0.118. The molecule has 1 N–H and O–H groups in total. The molecule has 0 unspecified atom stereocenters.